The number of aromatic nitrogens is 4. The average molecular weight is 299 g/mol. The fourth-order valence-electron chi connectivity index (χ4n) is 2.84. The van der Waals surface area contributed by atoms with Gasteiger partial charge < -0.3 is 5.32 Å². The number of anilines is 1. The normalized spacial score (nSPS) is 18.1. The molecular formula is C16H21N5O. The Morgan fingerprint density at radius 3 is 2.82 bits per heavy atom. The van der Waals surface area contributed by atoms with Gasteiger partial charge in [0.2, 0.25) is 0 Å². The molecule has 0 bridgehead atoms. The van der Waals surface area contributed by atoms with Crippen LogP contribution in [0.4, 0.5) is 5.69 Å². The Labute approximate surface area is 129 Å². The van der Waals surface area contributed by atoms with Crippen molar-refractivity contribution in [3.05, 3.63) is 36.4 Å². The maximum Gasteiger partial charge on any atom is 0.277 e. The number of carbonyl (C=O) groups excluding carboxylic acids is 1. The Bertz CT molecular complexity index is 640. The first kappa shape index (κ1) is 14.7. The van der Waals surface area contributed by atoms with E-state index in [4.69, 9.17) is 0 Å². The molecule has 6 nitrogen and oxygen atoms in total. The van der Waals surface area contributed by atoms with Gasteiger partial charge in [-0.3, -0.25) is 9.78 Å². The minimum atomic E-state index is -0.254. The molecule has 22 heavy (non-hydrogen) atoms. The summed E-state index contributed by atoms with van der Waals surface area (Å²) in [5, 5.41) is 10.9. The van der Waals surface area contributed by atoms with Gasteiger partial charge in [0.25, 0.3) is 5.91 Å². The number of carbonyl (C=O) groups is 1. The van der Waals surface area contributed by atoms with Gasteiger partial charge >= 0.3 is 0 Å². The Morgan fingerprint density at radius 1 is 1.36 bits per heavy atom. The second-order valence-corrected chi connectivity index (χ2v) is 6.68. The van der Waals surface area contributed by atoms with E-state index in [0.29, 0.717) is 22.8 Å². The first-order chi connectivity index (χ1) is 10.5. The molecule has 116 valence electrons. The van der Waals surface area contributed by atoms with Crippen molar-refractivity contribution in [3.63, 3.8) is 0 Å². The van der Waals surface area contributed by atoms with Gasteiger partial charge in [-0.2, -0.15) is 0 Å². The number of nitrogens with one attached hydrogen (secondary N) is 1. The summed E-state index contributed by atoms with van der Waals surface area (Å²) >= 11 is 0. The third-order valence-corrected chi connectivity index (χ3v) is 4.35. The number of pyridine rings is 1. The first-order valence-electron chi connectivity index (χ1n) is 7.67. The second-order valence-electron chi connectivity index (χ2n) is 6.68. The van der Waals surface area contributed by atoms with Gasteiger partial charge in [-0.15, -0.1) is 5.10 Å². The van der Waals surface area contributed by atoms with E-state index in [2.05, 4.69) is 34.5 Å². The van der Waals surface area contributed by atoms with Crippen LogP contribution in [0.5, 0.6) is 0 Å². The molecule has 2 aromatic heterocycles. The minimum absolute atomic E-state index is 0.254. The lowest BCUT2D eigenvalue weighted by Crippen LogP contribution is -2.23. The molecule has 0 spiro atoms. The van der Waals surface area contributed by atoms with Crippen LogP contribution >= 0.6 is 0 Å². The van der Waals surface area contributed by atoms with Gasteiger partial charge in [0.15, 0.2) is 5.69 Å². The van der Waals surface area contributed by atoms with Crippen LogP contribution in [0.15, 0.2) is 30.7 Å². The Hall–Kier alpha value is -2.24. The highest BCUT2D eigenvalue weighted by Gasteiger charge is 2.28. The first-order valence-corrected chi connectivity index (χ1v) is 7.67. The van der Waals surface area contributed by atoms with E-state index >= 15 is 0 Å². The fourth-order valence-corrected chi connectivity index (χ4v) is 2.84. The molecule has 1 N–H and O–H groups in total. The van der Waals surface area contributed by atoms with E-state index in [0.717, 1.165) is 12.8 Å². The topological polar surface area (TPSA) is 72.7 Å². The highest BCUT2D eigenvalue weighted by Crippen LogP contribution is 2.39. The molecular weight excluding hydrogens is 278 g/mol. The largest absolute Gasteiger partial charge is 0.319 e. The number of nitrogens with zero attached hydrogens (tertiary/aromatic N) is 4. The molecule has 1 aliphatic carbocycles. The fraction of sp³-hybridized carbons (Fsp3) is 0.500. The van der Waals surface area contributed by atoms with Crippen LogP contribution in [0.2, 0.25) is 0 Å². The molecule has 0 unspecified atom stereocenters. The van der Waals surface area contributed by atoms with Crippen molar-refractivity contribution in [2.45, 2.75) is 45.6 Å². The molecule has 0 atom stereocenters. The molecule has 6 heteroatoms. The maximum atomic E-state index is 12.2. The van der Waals surface area contributed by atoms with Crippen LogP contribution < -0.4 is 5.32 Å². The van der Waals surface area contributed by atoms with Crippen molar-refractivity contribution in [2.75, 3.05) is 5.32 Å². The van der Waals surface area contributed by atoms with Gasteiger partial charge in [-0.25, -0.2) is 4.68 Å². The van der Waals surface area contributed by atoms with Gasteiger partial charge in [0.05, 0.1) is 24.1 Å². The lowest BCUT2D eigenvalue weighted by molar-refractivity contribution is 0.102. The molecule has 1 amide bonds. The maximum absolute atomic E-state index is 12.2. The minimum Gasteiger partial charge on any atom is -0.319 e. The molecule has 0 aromatic carbocycles. The van der Waals surface area contributed by atoms with Gasteiger partial charge in [-0.1, -0.05) is 19.1 Å². The zero-order valence-corrected chi connectivity index (χ0v) is 13.0. The van der Waals surface area contributed by atoms with Gasteiger partial charge in [0, 0.05) is 6.20 Å². The predicted octanol–water partition coefficient (Wildman–Crippen LogP) is 3.07. The average Bonchev–Trinajstić information content (AvgIpc) is 2.98. The zero-order valence-electron chi connectivity index (χ0n) is 13.0. The van der Waals surface area contributed by atoms with Gasteiger partial charge in [-0.05, 0) is 43.2 Å². The highest BCUT2D eigenvalue weighted by atomic mass is 16.2. The van der Waals surface area contributed by atoms with Crippen LogP contribution in [-0.2, 0) is 0 Å². The third kappa shape index (κ3) is 3.32. The van der Waals surface area contributed by atoms with Crippen LogP contribution in [0, 0.1) is 5.41 Å². The monoisotopic (exact) mass is 299 g/mol. The lowest BCUT2D eigenvalue weighted by atomic mass is 9.76. The summed E-state index contributed by atoms with van der Waals surface area (Å²) in [5.74, 6) is -0.254. The van der Waals surface area contributed by atoms with Crippen LogP contribution in [0.25, 0.3) is 0 Å². The molecule has 1 fully saturated rings. The summed E-state index contributed by atoms with van der Waals surface area (Å²) in [6.45, 7) is 4.61. The quantitative estimate of drug-likeness (QED) is 0.945. The van der Waals surface area contributed by atoms with E-state index in [1.165, 1.54) is 12.8 Å². The summed E-state index contributed by atoms with van der Waals surface area (Å²) in [6, 6.07) is 3.91. The predicted molar refractivity (Wildman–Crippen MR) is 83.5 cm³/mol. The molecule has 3 rings (SSSR count). The van der Waals surface area contributed by atoms with Crippen molar-refractivity contribution in [1.82, 2.24) is 20.0 Å². The Balaban J connectivity index is 1.65. The number of rotatable bonds is 3. The smallest absolute Gasteiger partial charge is 0.277 e. The standard InChI is InChI=1S/C16H21N5O/c1-16(2)7-5-13(6-8-16)21-11-14(19-20-21)15(22)18-12-4-3-9-17-10-12/h3-4,9-11,13H,5-8H2,1-2H3,(H,18,22). The van der Waals surface area contributed by atoms with Gasteiger partial charge in [0.1, 0.15) is 0 Å². The Kier molecular flexibility index (Phi) is 3.92. The van der Waals surface area contributed by atoms with E-state index < -0.39 is 0 Å². The van der Waals surface area contributed by atoms with Crippen molar-refractivity contribution in [3.8, 4) is 0 Å². The van der Waals surface area contributed by atoms with Crippen molar-refractivity contribution >= 4 is 11.6 Å². The lowest BCUT2D eigenvalue weighted by Gasteiger charge is -2.33. The molecule has 1 aliphatic rings. The zero-order chi connectivity index (χ0) is 15.6. The van der Waals surface area contributed by atoms with Crippen molar-refractivity contribution < 1.29 is 4.79 Å². The third-order valence-electron chi connectivity index (χ3n) is 4.35. The highest BCUT2D eigenvalue weighted by molar-refractivity contribution is 6.02. The SMILES string of the molecule is CC1(C)CCC(n2cc(C(=O)Nc3cccnc3)nn2)CC1. The number of amides is 1. The molecule has 0 saturated heterocycles. The summed E-state index contributed by atoms with van der Waals surface area (Å²) in [6.07, 6.45) is 9.53. The second kappa shape index (κ2) is 5.87. The summed E-state index contributed by atoms with van der Waals surface area (Å²) in [7, 11) is 0. The van der Waals surface area contributed by atoms with E-state index in [1.54, 1.807) is 30.7 Å². The molecule has 0 aliphatic heterocycles. The number of hydrogen-bond acceptors (Lipinski definition) is 4. The van der Waals surface area contributed by atoms with Crippen LogP contribution in [0.1, 0.15) is 56.1 Å². The van der Waals surface area contributed by atoms with Crippen molar-refractivity contribution in [2.24, 2.45) is 5.41 Å². The number of hydrogen-bond donors (Lipinski definition) is 1. The van der Waals surface area contributed by atoms with Crippen LogP contribution in [-0.4, -0.2) is 25.9 Å². The molecule has 1 saturated carbocycles. The molecule has 2 heterocycles. The van der Waals surface area contributed by atoms with Crippen molar-refractivity contribution in [1.29, 1.82) is 0 Å². The molecule has 0 radical (unpaired) electrons. The van der Waals surface area contributed by atoms with E-state index in [-0.39, 0.29) is 5.91 Å². The summed E-state index contributed by atoms with van der Waals surface area (Å²) in [5.41, 5.74) is 1.41. The van der Waals surface area contributed by atoms with E-state index in [9.17, 15) is 4.79 Å². The molecule has 2 aromatic rings. The summed E-state index contributed by atoms with van der Waals surface area (Å²) in [4.78, 5) is 16.1. The summed E-state index contributed by atoms with van der Waals surface area (Å²) < 4.78 is 1.84. The van der Waals surface area contributed by atoms with Crippen LogP contribution in [0.3, 0.4) is 0 Å². The van der Waals surface area contributed by atoms with E-state index in [1.807, 2.05) is 4.68 Å². The Morgan fingerprint density at radius 2 is 2.14 bits per heavy atom.